The fourth-order valence-electron chi connectivity index (χ4n) is 1.94. The molecule has 0 heteroatoms. The molecule has 0 amide bonds. The van der Waals surface area contributed by atoms with Crippen molar-refractivity contribution in [1.29, 1.82) is 0 Å². The first-order valence-corrected chi connectivity index (χ1v) is 5.70. The van der Waals surface area contributed by atoms with Gasteiger partial charge in [0.1, 0.15) is 0 Å². The van der Waals surface area contributed by atoms with Gasteiger partial charge in [0.05, 0.1) is 0 Å². The lowest BCUT2D eigenvalue weighted by atomic mass is 10.0. The monoisotopic (exact) mass is 168 g/mol. The largest absolute Gasteiger partial charge is 0.0628 e. The molecule has 0 radical (unpaired) electrons. The second-order valence-electron chi connectivity index (χ2n) is 5.00. The Morgan fingerprint density at radius 1 is 1.17 bits per heavy atom. The van der Waals surface area contributed by atoms with Gasteiger partial charge in [-0.3, -0.25) is 0 Å². The highest BCUT2D eigenvalue weighted by Crippen LogP contribution is 2.41. The van der Waals surface area contributed by atoms with E-state index in [-0.39, 0.29) is 0 Å². The third-order valence-corrected chi connectivity index (χ3v) is 3.13. The number of unbranched alkanes of at least 4 members (excludes halogenated alkanes) is 2. The molecule has 0 nitrogen and oxygen atoms in total. The molecule has 12 heavy (non-hydrogen) atoms. The van der Waals surface area contributed by atoms with Crippen molar-refractivity contribution in [3.63, 3.8) is 0 Å². The first-order chi connectivity index (χ1) is 5.70. The van der Waals surface area contributed by atoms with E-state index in [2.05, 4.69) is 20.8 Å². The minimum atomic E-state index is 0.907. The van der Waals surface area contributed by atoms with E-state index in [4.69, 9.17) is 0 Å². The molecule has 0 aromatic heterocycles. The van der Waals surface area contributed by atoms with Gasteiger partial charge < -0.3 is 0 Å². The van der Waals surface area contributed by atoms with Crippen LogP contribution in [-0.4, -0.2) is 0 Å². The second-order valence-corrected chi connectivity index (χ2v) is 5.00. The molecule has 1 rings (SSSR count). The molecule has 0 aromatic rings. The van der Waals surface area contributed by atoms with Gasteiger partial charge >= 0.3 is 0 Å². The normalized spacial score (nSPS) is 28.0. The van der Waals surface area contributed by atoms with E-state index in [1.54, 1.807) is 0 Å². The molecule has 1 aliphatic rings. The minimum Gasteiger partial charge on any atom is -0.0628 e. The molecular formula is C12H24. The van der Waals surface area contributed by atoms with Gasteiger partial charge in [0, 0.05) is 0 Å². The number of rotatable bonds is 6. The standard InChI is InChI=1S/C12H24/c1-10(2)7-5-4-6-8-12-9-11(12)3/h10-12H,4-9H2,1-3H3. The molecule has 0 spiro atoms. The molecule has 1 aliphatic carbocycles. The molecule has 0 heterocycles. The van der Waals surface area contributed by atoms with E-state index in [1.807, 2.05) is 0 Å². The summed E-state index contributed by atoms with van der Waals surface area (Å²) in [5.41, 5.74) is 0. The van der Waals surface area contributed by atoms with Crippen LogP contribution in [0.4, 0.5) is 0 Å². The lowest BCUT2D eigenvalue weighted by Crippen LogP contribution is -1.87. The minimum absolute atomic E-state index is 0.907. The molecule has 1 saturated carbocycles. The van der Waals surface area contributed by atoms with Gasteiger partial charge in [-0.15, -0.1) is 0 Å². The van der Waals surface area contributed by atoms with Crippen LogP contribution in [0, 0.1) is 17.8 Å². The Balaban J connectivity index is 1.77. The molecule has 0 N–H and O–H groups in total. The predicted octanol–water partition coefficient (Wildman–Crippen LogP) is 4.25. The molecule has 0 bridgehead atoms. The Bertz CT molecular complexity index is 115. The van der Waals surface area contributed by atoms with Crippen LogP contribution in [0.25, 0.3) is 0 Å². The van der Waals surface area contributed by atoms with E-state index >= 15 is 0 Å². The average Bonchev–Trinajstić information content (AvgIpc) is 2.65. The van der Waals surface area contributed by atoms with E-state index < -0.39 is 0 Å². The Labute approximate surface area is 77.7 Å². The molecule has 2 atom stereocenters. The van der Waals surface area contributed by atoms with Crippen molar-refractivity contribution in [2.45, 2.75) is 59.3 Å². The lowest BCUT2D eigenvalue weighted by Gasteiger charge is -2.03. The molecule has 0 aliphatic heterocycles. The highest BCUT2D eigenvalue weighted by Gasteiger charge is 2.31. The van der Waals surface area contributed by atoms with Crippen molar-refractivity contribution in [3.05, 3.63) is 0 Å². The highest BCUT2D eigenvalue weighted by molar-refractivity contribution is 4.81. The lowest BCUT2D eigenvalue weighted by molar-refractivity contribution is 0.506. The van der Waals surface area contributed by atoms with Gasteiger partial charge in [-0.2, -0.15) is 0 Å². The third kappa shape index (κ3) is 4.13. The quantitative estimate of drug-likeness (QED) is 0.520. The predicted molar refractivity (Wildman–Crippen MR) is 55.2 cm³/mol. The van der Waals surface area contributed by atoms with Gasteiger partial charge in [0.15, 0.2) is 0 Å². The fraction of sp³-hybridized carbons (Fsp3) is 1.00. The van der Waals surface area contributed by atoms with Gasteiger partial charge in [0.2, 0.25) is 0 Å². The van der Waals surface area contributed by atoms with E-state index in [0.717, 1.165) is 17.8 Å². The summed E-state index contributed by atoms with van der Waals surface area (Å²) in [6.45, 7) is 7.03. The van der Waals surface area contributed by atoms with Crippen LogP contribution in [0.5, 0.6) is 0 Å². The summed E-state index contributed by atoms with van der Waals surface area (Å²) in [4.78, 5) is 0. The van der Waals surface area contributed by atoms with Gasteiger partial charge in [0.25, 0.3) is 0 Å². The van der Waals surface area contributed by atoms with Crippen LogP contribution >= 0.6 is 0 Å². The summed E-state index contributed by atoms with van der Waals surface area (Å²) < 4.78 is 0. The SMILES string of the molecule is CC(C)CCCCCC1CC1C. The Morgan fingerprint density at radius 2 is 1.83 bits per heavy atom. The molecule has 2 unspecified atom stereocenters. The van der Waals surface area contributed by atoms with Crippen LogP contribution in [0.1, 0.15) is 59.3 Å². The summed E-state index contributed by atoms with van der Waals surface area (Å²) in [6.07, 6.45) is 8.88. The summed E-state index contributed by atoms with van der Waals surface area (Å²) in [7, 11) is 0. The summed E-state index contributed by atoms with van der Waals surface area (Å²) in [5, 5.41) is 0. The van der Waals surface area contributed by atoms with Crippen LogP contribution in [0.3, 0.4) is 0 Å². The van der Waals surface area contributed by atoms with Crippen molar-refractivity contribution in [1.82, 2.24) is 0 Å². The first kappa shape index (κ1) is 10.1. The fourth-order valence-corrected chi connectivity index (χ4v) is 1.94. The zero-order valence-corrected chi connectivity index (χ0v) is 8.97. The van der Waals surface area contributed by atoms with Crippen molar-refractivity contribution >= 4 is 0 Å². The zero-order valence-electron chi connectivity index (χ0n) is 8.97. The Kier molecular flexibility index (Phi) is 4.11. The summed E-state index contributed by atoms with van der Waals surface area (Å²) >= 11 is 0. The van der Waals surface area contributed by atoms with Crippen molar-refractivity contribution < 1.29 is 0 Å². The van der Waals surface area contributed by atoms with Crippen molar-refractivity contribution in [2.75, 3.05) is 0 Å². The number of hydrogen-bond acceptors (Lipinski definition) is 0. The summed E-state index contributed by atoms with van der Waals surface area (Å²) in [6, 6.07) is 0. The van der Waals surface area contributed by atoms with Gasteiger partial charge in [-0.1, -0.05) is 52.9 Å². The molecular weight excluding hydrogens is 144 g/mol. The number of hydrogen-bond donors (Lipinski definition) is 0. The van der Waals surface area contributed by atoms with Gasteiger partial charge in [-0.05, 0) is 24.2 Å². The van der Waals surface area contributed by atoms with Crippen molar-refractivity contribution in [3.8, 4) is 0 Å². The molecule has 0 aromatic carbocycles. The average molecular weight is 168 g/mol. The van der Waals surface area contributed by atoms with Crippen LogP contribution in [0.2, 0.25) is 0 Å². The second kappa shape index (κ2) is 4.89. The first-order valence-electron chi connectivity index (χ1n) is 5.70. The molecule has 1 fully saturated rings. The third-order valence-electron chi connectivity index (χ3n) is 3.13. The van der Waals surface area contributed by atoms with E-state index in [0.29, 0.717) is 0 Å². The van der Waals surface area contributed by atoms with Crippen LogP contribution < -0.4 is 0 Å². The van der Waals surface area contributed by atoms with Crippen LogP contribution in [0.15, 0.2) is 0 Å². The molecule has 0 saturated heterocycles. The Morgan fingerprint density at radius 3 is 2.33 bits per heavy atom. The zero-order chi connectivity index (χ0) is 8.97. The smallest absolute Gasteiger partial charge is 0.0386 e. The topological polar surface area (TPSA) is 0 Å². The maximum absolute atomic E-state index is 2.39. The van der Waals surface area contributed by atoms with Crippen molar-refractivity contribution in [2.24, 2.45) is 17.8 Å². The highest BCUT2D eigenvalue weighted by atomic mass is 14.4. The maximum atomic E-state index is 2.39. The molecule has 72 valence electrons. The maximum Gasteiger partial charge on any atom is -0.0386 e. The Hall–Kier alpha value is 0. The van der Waals surface area contributed by atoms with Crippen LogP contribution in [-0.2, 0) is 0 Å². The van der Waals surface area contributed by atoms with Gasteiger partial charge in [-0.25, -0.2) is 0 Å². The van der Waals surface area contributed by atoms with E-state index in [9.17, 15) is 0 Å². The van der Waals surface area contributed by atoms with E-state index in [1.165, 1.54) is 38.5 Å². The summed E-state index contributed by atoms with van der Waals surface area (Å²) in [5.74, 6) is 3.09.